The third kappa shape index (κ3) is 3.83. The number of para-hydroxylation sites is 1. The van der Waals surface area contributed by atoms with Crippen molar-refractivity contribution in [3.8, 4) is 0 Å². The van der Waals surface area contributed by atoms with Gasteiger partial charge in [0.2, 0.25) is 0 Å². The van der Waals surface area contributed by atoms with Crippen molar-refractivity contribution in [2.75, 3.05) is 16.8 Å². The van der Waals surface area contributed by atoms with Gasteiger partial charge in [-0.3, -0.25) is 9.59 Å². The lowest BCUT2D eigenvalue weighted by molar-refractivity contribution is -0.141. The molecule has 1 aliphatic heterocycles. The van der Waals surface area contributed by atoms with E-state index in [0.717, 1.165) is 24.1 Å². The lowest BCUT2D eigenvalue weighted by Crippen LogP contribution is -2.42. The van der Waals surface area contributed by atoms with Crippen LogP contribution in [0.1, 0.15) is 28.8 Å². The molecule has 0 saturated heterocycles. The van der Waals surface area contributed by atoms with Gasteiger partial charge < -0.3 is 20.6 Å². The Balaban J connectivity index is 1.51. The standard InChI is InChI=1S/C21H21N3O4/c25-19(13-5-7-16(8-6-13)22-21(28)23-17-9-10-17)24-12-15(20(26)27)11-14-3-1-2-4-18(14)24/h1-8,15,17H,9-12H2,(H,26,27)(H2,22,23,28). The molecule has 1 atom stereocenters. The number of carboxylic acids is 1. The molecule has 2 aliphatic rings. The highest BCUT2D eigenvalue weighted by Gasteiger charge is 2.32. The average Bonchev–Trinajstić information content (AvgIpc) is 3.51. The summed E-state index contributed by atoms with van der Waals surface area (Å²) in [5.74, 6) is -1.80. The van der Waals surface area contributed by atoms with Gasteiger partial charge in [-0.1, -0.05) is 18.2 Å². The number of rotatable bonds is 4. The molecule has 1 fully saturated rings. The van der Waals surface area contributed by atoms with Crippen LogP contribution < -0.4 is 15.5 Å². The number of carbonyl (C=O) groups is 3. The van der Waals surface area contributed by atoms with Gasteiger partial charge in [0.05, 0.1) is 5.92 Å². The fourth-order valence-electron chi connectivity index (χ4n) is 3.39. The van der Waals surface area contributed by atoms with Gasteiger partial charge in [-0.25, -0.2) is 4.79 Å². The summed E-state index contributed by atoms with van der Waals surface area (Å²) in [5.41, 5.74) is 2.63. The highest BCUT2D eigenvalue weighted by atomic mass is 16.4. The lowest BCUT2D eigenvalue weighted by atomic mass is 9.92. The van der Waals surface area contributed by atoms with Gasteiger partial charge in [-0.05, 0) is 55.2 Å². The Morgan fingerprint density at radius 1 is 1.00 bits per heavy atom. The zero-order valence-electron chi connectivity index (χ0n) is 15.2. The van der Waals surface area contributed by atoms with E-state index in [9.17, 15) is 19.5 Å². The molecule has 0 bridgehead atoms. The maximum atomic E-state index is 13.1. The minimum absolute atomic E-state index is 0.134. The van der Waals surface area contributed by atoms with Crippen molar-refractivity contribution in [3.63, 3.8) is 0 Å². The summed E-state index contributed by atoms with van der Waals surface area (Å²) >= 11 is 0. The van der Waals surface area contributed by atoms with E-state index in [1.54, 1.807) is 24.3 Å². The number of nitrogens with one attached hydrogen (secondary N) is 2. The molecule has 144 valence electrons. The minimum atomic E-state index is -0.909. The van der Waals surface area contributed by atoms with Crippen LogP contribution in [0.15, 0.2) is 48.5 Å². The van der Waals surface area contributed by atoms with Gasteiger partial charge >= 0.3 is 12.0 Å². The van der Waals surface area contributed by atoms with E-state index in [1.807, 2.05) is 24.3 Å². The van der Waals surface area contributed by atoms with Crippen LogP contribution >= 0.6 is 0 Å². The van der Waals surface area contributed by atoms with Crippen LogP contribution in [-0.4, -0.2) is 35.6 Å². The molecular weight excluding hydrogens is 358 g/mol. The molecule has 3 amide bonds. The highest BCUT2D eigenvalue weighted by molar-refractivity contribution is 6.07. The first-order chi connectivity index (χ1) is 13.5. The van der Waals surface area contributed by atoms with Gasteiger partial charge in [0.1, 0.15) is 0 Å². The Hall–Kier alpha value is -3.35. The van der Waals surface area contributed by atoms with E-state index in [0.29, 0.717) is 17.7 Å². The third-order valence-electron chi connectivity index (χ3n) is 5.05. The monoisotopic (exact) mass is 379 g/mol. The van der Waals surface area contributed by atoms with Crippen LogP contribution in [0.25, 0.3) is 0 Å². The van der Waals surface area contributed by atoms with Crippen LogP contribution in [0.2, 0.25) is 0 Å². The average molecular weight is 379 g/mol. The van der Waals surface area contributed by atoms with Crippen molar-refractivity contribution in [1.82, 2.24) is 5.32 Å². The number of hydrogen-bond donors (Lipinski definition) is 3. The number of aliphatic carboxylic acids is 1. The van der Waals surface area contributed by atoms with Gasteiger partial charge in [0.25, 0.3) is 5.91 Å². The Bertz CT molecular complexity index is 922. The molecule has 7 nitrogen and oxygen atoms in total. The molecule has 0 spiro atoms. The number of benzene rings is 2. The number of anilines is 2. The van der Waals surface area contributed by atoms with Crippen molar-refractivity contribution >= 4 is 29.3 Å². The van der Waals surface area contributed by atoms with Crippen molar-refractivity contribution < 1.29 is 19.5 Å². The van der Waals surface area contributed by atoms with Gasteiger partial charge in [-0.2, -0.15) is 0 Å². The summed E-state index contributed by atoms with van der Waals surface area (Å²) in [6, 6.07) is 14.0. The first-order valence-corrected chi connectivity index (χ1v) is 9.31. The molecule has 1 aliphatic carbocycles. The molecule has 1 unspecified atom stereocenters. The Morgan fingerprint density at radius 2 is 1.71 bits per heavy atom. The van der Waals surface area contributed by atoms with Crippen molar-refractivity contribution in [2.45, 2.75) is 25.3 Å². The molecule has 28 heavy (non-hydrogen) atoms. The van der Waals surface area contributed by atoms with Crippen molar-refractivity contribution in [3.05, 3.63) is 59.7 Å². The van der Waals surface area contributed by atoms with Gasteiger partial charge in [-0.15, -0.1) is 0 Å². The first kappa shape index (κ1) is 18.0. The summed E-state index contributed by atoms with van der Waals surface area (Å²) in [6.45, 7) is 0.134. The number of amides is 3. The van der Waals surface area contributed by atoms with Crippen LogP contribution in [0.5, 0.6) is 0 Å². The second-order valence-electron chi connectivity index (χ2n) is 7.23. The van der Waals surface area contributed by atoms with Crippen molar-refractivity contribution in [1.29, 1.82) is 0 Å². The van der Waals surface area contributed by atoms with Crippen LogP contribution in [0.4, 0.5) is 16.2 Å². The molecule has 7 heteroatoms. The van der Waals surface area contributed by atoms with Gasteiger partial charge in [0.15, 0.2) is 0 Å². The van der Waals surface area contributed by atoms with E-state index >= 15 is 0 Å². The quantitative estimate of drug-likeness (QED) is 0.761. The predicted molar refractivity (Wildman–Crippen MR) is 105 cm³/mol. The van der Waals surface area contributed by atoms with Crippen LogP contribution in [0, 0.1) is 5.92 Å². The number of carbonyl (C=O) groups excluding carboxylic acids is 2. The second kappa shape index (κ2) is 7.34. The SMILES string of the molecule is O=C(Nc1ccc(C(=O)N2CC(C(=O)O)Cc3ccccc32)cc1)NC1CC1. The zero-order chi connectivity index (χ0) is 19.7. The maximum Gasteiger partial charge on any atom is 0.319 e. The summed E-state index contributed by atoms with van der Waals surface area (Å²) in [7, 11) is 0. The minimum Gasteiger partial charge on any atom is -0.481 e. The van der Waals surface area contributed by atoms with Gasteiger partial charge in [0, 0.05) is 29.5 Å². The largest absolute Gasteiger partial charge is 0.481 e. The molecule has 4 rings (SSSR count). The zero-order valence-corrected chi connectivity index (χ0v) is 15.2. The lowest BCUT2D eigenvalue weighted by Gasteiger charge is -2.33. The summed E-state index contributed by atoms with van der Waals surface area (Å²) in [4.78, 5) is 37.9. The highest BCUT2D eigenvalue weighted by Crippen LogP contribution is 2.31. The van der Waals surface area contributed by atoms with E-state index in [2.05, 4.69) is 10.6 Å². The molecule has 2 aromatic carbocycles. The number of urea groups is 1. The topological polar surface area (TPSA) is 98.7 Å². The molecule has 0 radical (unpaired) electrons. The molecular formula is C21H21N3O4. The maximum absolute atomic E-state index is 13.1. The molecule has 3 N–H and O–H groups in total. The van der Waals surface area contributed by atoms with E-state index in [4.69, 9.17) is 0 Å². The molecule has 1 saturated carbocycles. The Morgan fingerprint density at radius 3 is 2.39 bits per heavy atom. The Kier molecular flexibility index (Phi) is 4.73. The molecule has 2 aromatic rings. The number of fused-ring (bicyclic) bond motifs is 1. The fraction of sp³-hybridized carbons (Fsp3) is 0.286. The number of carboxylic acid groups (broad SMARTS) is 1. The molecule has 0 aromatic heterocycles. The summed E-state index contributed by atoms with van der Waals surface area (Å²) < 4.78 is 0. The smallest absolute Gasteiger partial charge is 0.319 e. The van der Waals surface area contributed by atoms with E-state index in [1.165, 1.54) is 4.90 Å². The number of nitrogens with zero attached hydrogens (tertiary/aromatic N) is 1. The normalized spacial score (nSPS) is 18.1. The number of hydrogen-bond acceptors (Lipinski definition) is 3. The molecule has 1 heterocycles. The first-order valence-electron chi connectivity index (χ1n) is 9.31. The fourth-order valence-corrected chi connectivity index (χ4v) is 3.39. The summed E-state index contributed by atoms with van der Waals surface area (Å²) in [6.07, 6.45) is 2.43. The second-order valence-corrected chi connectivity index (χ2v) is 7.23. The van der Waals surface area contributed by atoms with Crippen molar-refractivity contribution in [2.24, 2.45) is 5.92 Å². The Labute approximate surface area is 162 Å². The third-order valence-corrected chi connectivity index (χ3v) is 5.05. The summed E-state index contributed by atoms with van der Waals surface area (Å²) in [5, 5.41) is 15.0. The van der Waals surface area contributed by atoms with Crippen LogP contribution in [-0.2, 0) is 11.2 Å². The predicted octanol–water partition coefficient (Wildman–Crippen LogP) is 2.87. The van der Waals surface area contributed by atoms with E-state index in [-0.39, 0.29) is 24.5 Å². The van der Waals surface area contributed by atoms with Crippen LogP contribution in [0.3, 0.4) is 0 Å². The van der Waals surface area contributed by atoms with E-state index < -0.39 is 11.9 Å².